The van der Waals surface area contributed by atoms with Gasteiger partial charge in [-0.25, -0.2) is 0 Å². The summed E-state index contributed by atoms with van der Waals surface area (Å²) in [6.07, 6.45) is 1.50. The molecule has 1 aliphatic heterocycles. The maximum Gasteiger partial charge on any atom is 0.0951 e. The number of hydrogen-bond donors (Lipinski definition) is 2. The van der Waals surface area contributed by atoms with Gasteiger partial charge in [0.1, 0.15) is 0 Å². The SMILES string of the molecule is C[C@H]1C[C@@](O)(c2csc(S)c2)CCO1. The van der Waals surface area contributed by atoms with E-state index in [1.807, 2.05) is 18.4 Å². The van der Waals surface area contributed by atoms with E-state index in [-0.39, 0.29) is 6.10 Å². The Morgan fingerprint density at radius 1 is 1.71 bits per heavy atom. The summed E-state index contributed by atoms with van der Waals surface area (Å²) in [4.78, 5) is 0. The lowest BCUT2D eigenvalue weighted by Gasteiger charge is -2.35. The molecule has 1 aromatic rings. The molecular weight excluding hydrogens is 216 g/mol. The zero-order chi connectivity index (χ0) is 10.2. The molecule has 2 heterocycles. The van der Waals surface area contributed by atoms with E-state index >= 15 is 0 Å². The van der Waals surface area contributed by atoms with Crippen LogP contribution in [0.25, 0.3) is 0 Å². The fraction of sp³-hybridized carbons (Fsp3) is 0.600. The predicted molar refractivity (Wildman–Crippen MR) is 60.1 cm³/mol. The largest absolute Gasteiger partial charge is 0.385 e. The Morgan fingerprint density at radius 3 is 3.07 bits per heavy atom. The molecule has 0 aromatic carbocycles. The molecule has 0 aliphatic carbocycles. The molecule has 78 valence electrons. The lowest BCUT2D eigenvalue weighted by atomic mass is 9.86. The Morgan fingerprint density at radius 2 is 2.50 bits per heavy atom. The molecule has 0 spiro atoms. The molecule has 0 radical (unpaired) electrons. The van der Waals surface area contributed by atoms with Crippen LogP contribution in [0.3, 0.4) is 0 Å². The molecule has 0 unspecified atom stereocenters. The second-order valence-electron chi connectivity index (χ2n) is 3.84. The van der Waals surface area contributed by atoms with E-state index in [4.69, 9.17) is 4.74 Å². The standard InChI is InChI=1S/C10H14O2S2/c1-7-5-10(11,2-3-12-7)8-4-9(13)14-6-8/h4,6-7,11,13H,2-3,5H2,1H3/t7-,10+/m0/s1. The summed E-state index contributed by atoms with van der Waals surface area (Å²) < 4.78 is 6.38. The number of aliphatic hydroxyl groups is 1. The fourth-order valence-electron chi connectivity index (χ4n) is 1.90. The molecule has 1 N–H and O–H groups in total. The topological polar surface area (TPSA) is 29.5 Å². The van der Waals surface area contributed by atoms with Gasteiger partial charge in [0.05, 0.1) is 22.5 Å². The summed E-state index contributed by atoms with van der Waals surface area (Å²) >= 11 is 5.82. The van der Waals surface area contributed by atoms with Crippen molar-refractivity contribution in [1.82, 2.24) is 0 Å². The van der Waals surface area contributed by atoms with Crippen molar-refractivity contribution in [2.24, 2.45) is 0 Å². The number of thiol groups is 1. The Hall–Kier alpha value is -0.0300. The first-order valence-corrected chi connectivity index (χ1v) is 6.05. The second kappa shape index (κ2) is 3.85. The first kappa shape index (κ1) is 10.5. The van der Waals surface area contributed by atoms with Crippen LogP contribution < -0.4 is 0 Å². The molecule has 1 saturated heterocycles. The lowest BCUT2D eigenvalue weighted by Crippen LogP contribution is -2.37. The summed E-state index contributed by atoms with van der Waals surface area (Å²) in [5.74, 6) is 0. The molecule has 14 heavy (non-hydrogen) atoms. The van der Waals surface area contributed by atoms with Gasteiger partial charge < -0.3 is 9.84 Å². The highest BCUT2D eigenvalue weighted by molar-refractivity contribution is 7.82. The average molecular weight is 230 g/mol. The number of thiophene rings is 1. The van der Waals surface area contributed by atoms with Crippen molar-refractivity contribution < 1.29 is 9.84 Å². The molecular formula is C10H14O2S2. The normalized spacial score (nSPS) is 33.2. The van der Waals surface area contributed by atoms with Crippen LogP contribution in [0, 0.1) is 0 Å². The zero-order valence-corrected chi connectivity index (χ0v) is 9.78. The van der Waals surface area contributed by atoms with Crippen molar-refractivity contribution in [3.05, 3.63) is 17.0 Å². The van der Waals surface area contributed by atoms with Crippen LogP contribution in [0.5, 0.6) is 0 Å². The van der Waals surface area contributed by atoms with Crippen LogP contribution in [0.15, 0.2) is 15.7 Å². The van der Waals surface area contributed by atoms with Crippen LogP contribution in [0.4, 0.5) is 0 Å². The highest BCUT2D eigenvalue weighted by atomic mass is 32.2. The van der Waals surface area contributed by atoms with Crippen molar-refractivity contribution in [2.75, 3.05) is 6.61 Å². The van der Waals surface area contributed by atoms with Crippen molar-refractivity contribution in [3.63, 3.8) is 0 Å². The summed E-state index contributed by atoms with van der Waals surface area (Å²) in [7, 11) is 0. The van der Waals surface area contributed by atoms with Crippen molar-refractivity contribution in [1.29, 1.82) is 0 Å². The summed E-state index contributed by atoms with van der Waals surface area (Å²) in [5.41, 5.74) is 0.289. The minimum absolute atomic E-state index is 0.136. The fourth-order valence-corrected chi connectivity index (χ4v) is 2.92. The van der Waals surface area contributed by atoms with Gasteiger partial charge in [0.2, 0.25) is 0 Å². The predicted octanol–water partition coefficient (Wildman–Crippen LogP) is 2.42. The third-order valence-electron chi connectivity index (χ3n) is 2.67. The van der Waals surface area contributed by atoms with Gasteiger partial charge in [-0.2, -0.15) is 0 Å². The summed E-state index contributed by atoms with van der Waals surface area (Å²) in [6, 6.07) is 1.95. The Labute approximate surface area is 93.3 Å². The zero-order valence-electron chi connectivity index (χ0n) is 8.06. The summed E-state index contributed by atoms with van der Waals surface area (Å²) in [6.45, 7) is 2.63. The Balaban J connectivity index is 2.22. The van der Waals surface area contributed by atoms with Crippen molar-refractivity contribution in [2.45, 2.75) is 35.7 Å². The minimum atomic E-state index is -0.699. The van der Waals surface area contributed by atoms with Gasteiger partial charge in [-0.1, -0.05) is 0 Å². The van der Waals surface area contributed by atoms with E-state index in [0.717, 1.165) is 9.77 Å². The van der Waals surface area contributed by atoms with E-state index in [1.165, 1.54) is 0 Å². The van der Waals surface area contributed by atoms with Crippen molar-refractivity contribution >= 4 is 24.0 Å². The molecule has 4 heteroatoms. The monoisotopic (exact) mass is 230 g/mol. The molecule has 2 rings (SSSR count). The van der Waals surface area contributed by atoms with Crippen LogP contribution in [-0.4, -0.2) is 17.8 Å². The second-order valence-corrected chi connectivity index (χ2v) is 5.54. The Bertz CT molecular complexity index is 324. The van der Waals surface area contributed by atoms with Gasteiger partial charge in [0.25, 0.3) is 0 Å². The minimum Gasteiger partial charge on any atom is -0.385 e. The molecule has 0 saturated carbocycles. The maximum absolute atomic E-state index is 10.4. The number of rotatable bonds is 1. The highest BCUT2D eigenvalue weighted by Crippen LogP contribution is 2.37. The van der Waals surface area contributed by atoms with E-state index in [1.54, 1.807) is 11.3 Å². The van der Waals surface area contributed by atoms with Gasteiger partial charge in [-0.05, 0) is 23.9 Å². The quantitative estimate of drug-likeness (QED) is 0.726. The third-order valence-corrected chi connectivity index (χ3v) is 3.84. The maximum atomic E-state index is 10.4. The smallest absolute Gasteiger partial charge is 0.0951 e. The molecule has 1 aliphatic rings. The third kappa shape index (κ3) is 1.98. The Kier molecular flexibility index (Phi) is 2.88. The van der Waals surface area contributed by atoms with Crippen LogP contribution in [-0.2, 0) is 10.3 Å². The molecule has 1 fully saturated rings. The van der Waals surface area contributed by atoms with Gasteiger partial charge in [-0.3, -0.25) is 0 Å². The lowest BCUT2D eigenvalue weighted by molar-refractivity contribution is -0.101. The first-order chi connectivity index (χ1) is 6.60. The molecule has 0 bridgehead atoms. The molecule has 1 aromatic heterocycles. The summed E-state index contributed by atoms with van der Waals surface area (Å²) in [5, 5.41) is 12.4. The van der Waals surface area contributed by atoms with Crippen LogP contribution in [0.2, 0.25) is 0 Å². The number of hydrogen-bond acceptors (Lipinski definition) is 4. The van der Waals surface area contributed by atoms with Crippen molar-refractivity contribution in [3.8, 4) is 0 Å². The molecule has 0 amide bonds. The van der Waals surface area contributed by atoms with Crippen LogP contribution in [0.1, 0.15) is 25.3 Å². The number of ether oxygens (including phenoxy) is 1. The van der Waals surface area contributed by atoms with Gasteiger partial charge >= 0.3 is 0 Å². The average Bonchev–Trinajstić information content (AvgIpc) is 2.52. The van der Waals surface area contributed by atoms with E-state index in [0.29, 0.717) is 19.4 Å². The molecule has 2 nitrogen and oxygen atoms in total. The molecule has 2 atom stereocenters. The highest BCUT2D eigenvalue weighted by Gasteiger charge is 2.35. The van der Waals surface area contributed by atoms with Gasteiger partial charge in [0.15, 0.2) is 0 Å². The van der Waals surface area contributed by atoms with Gasteiger partial charge in [0, 0.05) is 12.8 Å². The first-order valence-electron chi connectivity index (χ1n) is 4.72. The van der Waals surface area contributed by atoms with E-state index < -0.39 is 5.60 Å². The van der Waals surface area contributed by atoms with Crippen LogP contribution >= 0.6 is 24.0 Å². The van der Waals surface area contributed by atoms with E-state index in [9.17, 15) is 5.11 Å². The van der Waals surface area contributed by atoms with E-state index in [2.05, 4.69) is 12.6 Å². The van der Waals surface area contributed by atoms with Gasteiger partial charge in [-0.15, -0.1) is 24.0 Å².